The molecule has 2 aliphatic heterocycles. The first kappa shape index (κ1) is 16.2. The van der Waals surface area contributed by atoms with Crippen LogP contribution in [-0.2, 0) is 9.53 Å². The maximum absolute atomic E-state index is 13.0. The van der Waals surface area contributed by atoms with Gasteiger partial charge in [0.15, 0.2) is 0 Å². The lowest BCUT2D eigenvalue weighted by Gasteiger charge is -2.36. The second kappa shape index (κ2) is 7.75. The van der Waals surface area contributed by atoms with Crippen LogP contribution in [0.3, 0.4) is 0 Å². The van der Waals surface area contributed by atoms with E-state index in [1.165, 1.54) is 12.1 Å². The Morgan fingerprint density at radius 1 is 1.22 bits per heavy atom. The van der Waals surface area contributed by atoms with Gasteiger partial charge in [0.2, 0.25) is 5.91 Å². The number of hydrogen-bond donors (Lipinski definition) is 1. The monoisotopic (exact) mass is 321 g/mol. The number of piperazine rings is 1. The summed E-state index contributed by atoms with van der Waals surface area (Å²) >= 11 is 0. The zero-order chi connectivity index (χ0) is 16.1. The number of benzene rings is 1. The van der Waals surface area contributed by atoms with Gasteiger partial charge in [0.1, 0.15) is 11.9 Å². The lowest BCUT2D eigenvalue weighted by Crippen LogP contribution is -2.49. The third kappa shape index (κ3) is 4.42. The summed E-state index contributed by atoms with van der Waals surface area (Å²) in [6, 6.07) is 6.66. The van der Waals surface area contributed by atoms with Crippen LogP contribution in [0, 0.1) is 5.82 Å². The van der Waals surface area contributed by atoms with E-state index in [9.17, 15) is 9.18 Å². The molecule has 0 saturated carbocycles. The Kier molecular flexibility index (Phi) is 5.46. The summed E-state index contributed by atoms with van der Waals surface area (Å²) in [6.45, 7) is 5.96. The van der Waals surface area contributed by atoms with Crippen LogP contribution in [0.15, 0.2) is 24.3 Å². The molecular weight excluding hydrogens is 297 g/mol. The molecule has 3 rings (SSSR count). The molecular formula is C17H24FN3O2. The standard InChI is InChI=1S/C17H24FN3O2/c18-14-3-5-15(6-4-14)21-11-9-20(10-12-21)8-7-19-17(22)16-2-1-13-23-16/h3-6,16H,1-2,7-13H2,(H,19,22). The molecule has 2 heterocycles. The van der Waals surface area contributed by atoms with E-state index in [1.54, 1.807) is 0 Å². The SMILES string of the molecule is O=C(NCCN1CCN(c2ccc(F)cc2)CC1)C1CCCO1. The van der Waals surface area contributed by atoms with Crippen molar-refractivity contribution in [2.24, 2.45) is 0 Å². The van der Waals surface area contributed by atoms with Crippen LogP contribution < -0.4 is 10.2 Å². The fraction of sp³-hybridized carbons (Fsp3) is 0.588. The Morgan fingerprint density at radius 2 is 1.96 bits per heavy atom. The van der Waals surface area contributed by atoms with E-state index in [2.05, 4.69) is 15.1 Å². The van der Waals surface area contributed by atoms with E-state index >= 15 is 0 Å². The lowest BCUT2D eigenvalue weighted by atomic mass is 10.2. The van der Waals surface area contributed by atoms with Crippen LogP contribution in [0.5, 0.6) is 0 Å². The summed E-state index contributed by atoms with van der Waals surface area (Å²) in [6.07, 6.45) is 1.57. The van der Waals surface area contributed by atoms with Gasteiger partial charge in [-0.05, 0) is 37.1 Å². The maximum atomic E-state index is 13.0. The van der Waals surface area contributed by atoms with Gasteiger partial charge in [-0.15, -0.1) is 0 Å². The lowest BCUT2D eigenvalue weighted by molar-refractivity contribution is -0.130. The minimum Gasteiger partial charge on any atom is -0.369 e. The van der Waals surface area contributed by atoms with Crippen LogP contribution in [0.25, 0.3) is 0 Å². The zero-order valence-corrected chi connectivity index (χ0v) is 13.3. The van der Waals surface area contributed by atoms with Gasteiger partial charge >= 0.3 is 0 Å². The van der Waals surface area contributed by atoms with Crippen molar-refractivity contribution < 1.29 is 13.9 Å². The van der Waals surface area contributed by atoms with Crippen LogP contribution in [0.1, 0.15) is 12.8 Å². The highest BCUT2D eigenvalue weighted by atomic mass is 19.1. The molecule has 0 spiro atoms. The maximum Gasteiger partial charge on any atom is 0.249 e. The molecule has 6 heteroatoms. The molecule has 2 aliphatic rings. The Labute approximate surface area is 136 Å². The molecule has 1 N–H and O–H groups in total. The number of amides is 1. The van der Waals surface area contributed by atoms with Gasteiger partial charge in [-0.25, -0.2) is 4.39 Å². The molecule has 0 aliphatic carbocycles. The summed E-state index contributed by atoms with van der Waals surface area (Å²) in [5.74, 6) is -0.179. The predicted molar refractivity (Wildman–Crippen MR) is 87.0 cm³/mol. The van der Waals surface area contributed by atoms with E-state index in [0.29, 0.717) is 13.2 Å². The van der Waals surface area contributed by atoms with E-state index in [4.69, 9.17) is 4.74 Å². The number of nitrogens with zero attached hydrogens (tertiary/aromatic N) is 2. The predicted octanol–water partition coefficient (Wildman–Crippen LogP) is 1.24. The average Bonchev–Trinajstić information content (AvgIpc) is 3.11. The Balaban J connectivity index is 1.36. The van der Waals surface area contributed by atoms with Crippen molar-refractivity contribution in [2.45, 2.75) is 18.9 Å². The normalized spacial score (nSPS) is 22.3. The van der Waals surface area contributed by atoms with Crippen molar-refractivity contribution in [3.8, 4) is 0 Å². The number of carbonyl (C=O) groups excluding carboxylic acids is 1. The second-order valence-corrected chi connectivity index (χ2v) is 6.10. The third-order valence-electron chi connectivity index (χ3n) is 4.51. The van der Waals surface area contributed by atoms with Gasteiger partial charge in [0.25, 0.3) is 0 Å². The highest BCUT2D eigenvalue weighted by Gasteiger charge is 2.23. The highest BCUT2D eigenvalue weighted by molar-refractivity contribution is 5.80. The molecule has 2 saturated heterocycles. The van der Waals surface area contributed by atoms with Crippen molar-refractivity contribution in [3.05, 3.63) is 30.1 Å². The van der Waals surface area contributed by atoms with Crippen molar-refractivity contribution in [1.82, 2.24) is 10.2 Å². The molecule has 1 aromatic carbocycles. The molecule has 23 heavy (non-hydrogen) atoms. The summed E-state index contributed by atoms with van der Waals surface area (Å²) in [5, 5.41) is 2.96. The van der Waals surface area contributed by atoms with Crippen molar-refractivity contribution in [1.29, 1.82) is 0 Å². The largest absolute Gasteiger partial charge is 0.369 e. The summed E-state index contributed by atoms with van der Waals surface area (Å²) in [4.78, 5) is 16.5. The Bertz CT molecular complexity index is 509. The number of ether oxygens (including phenoxy) is 1. The first-order valence-corrected chi connectivity index (χ1v) is 8.34. The fourth-order valence-electron chi connectivity index (χ4n) is 3.12. The first-order valence-electron chi connectivity index (χ1n) is 8.34. The number of carbonyl (C=O) groups is 1. The second-order valence-electron chi connectivity index (χ2n) is 6.10. The molecule has 126 valence electrons. The van der Waals surface area contributed by atoms with Gasteiger partial charge in [-0.3, -0.25) is 9.69 Å². The van der Waals surface area contributed by atoms with E-state index in [-0.39, 0.29) is 17.8 Å². The summed E-state index contributed by atoms with van der Waals surface area (Å²) in [5.41, 5.74) is 1.07. The van der Waals surface area contributed by atoms with Gasteiger partial charge in [-0.1, -0.05) is 0 Å². The quantitative estimate of drug-likeness (QED) is 0.886. The Hall–Kier alpha value is -1.66. The summed E-state index contributed by atoms with van der Waals surface area (Å²) in [7, 11) is 0. The van der Waals surface area contributed by atoms with Gasteiger partial charge < -0.3 is 15.0 Å². The Morgan fingerprint density at radius 3 is 2.61 bits per heavy atom. The number of nitrogens with one attached hydrogen (secondary N) is 1. The third-order valence-corrected chi connectivity index (χ3v) is 4.51. The van der Waals surface area contributed by atoms with Crippen molar-refractivity contribution in [2.75, 3.05) is 50.8 Å². The van der Waals surface area contributed by atoms with Crippen LogP contribution in [-0.4, -0.2) is 62.8 Å². The number of hydrogen-bond acceptors (Lipinski definition) is 4. The van der Waals surface area contributed by atoms with Crippen molar-refractivity contribution in [3.63, 3.8) is 0 Å². The molecule has 0 bridgehead atoms. The molecule has 1 aromatic rings. The molecule has 1 amide bonds. The molecule has 1 atom stereocenters. The average molecular weight is 321 g/mol. The van der Waals surface area contributed by atoms with Crippen LogP contribution >= 0.6 is 0 Å². The van der Waals surface area contributed by atoms with E-state index in [1.807, 2.05) is 12.1 Å². The molecule has 0 radical (unpaired) electrons. The van der Waals surface area contributed by atoms with E-state index in [0.717, 1.165) is 51.3 Å². The van der Waals surface area contributed by atoms with Crippen LogP contribution in [0.4, 0.5) is 10.1 Å². The number of halogens is 1. The smallest absolute Gasteiger partial charge is 0.249 e. The van der Waals surface area contributed by atoms with Gasteiger partial charge in [-0.2, -0.15) is 0 Å². The topological polar surface area (TPSA) is 44.8 Å². The van der Waals surface area contributed by atoms with Gasteiger partial charge in [0.05, 0.1) is 0 Å². The molecule has 2 fully saturated rings. The minimum absolute atomic E-state index is 0.0208. The zero-order valence-electron chi connectivity index (χ0n) is 13.3. The van der Waals surface area contributed by atoms with Crippen molar-refractivity contribution >= 4 is 11.6 Å². The summed E-state index contributed by atoms with van der Waals surface area (Å²) < 4.78 is 18.3. The minimum atomic E-state index is -0.245. The number of rotatable bonds is 5. The van der Waals surface area contributed by atoms with Gasteiger partial charge in [0, 0.05) is 51.6 Å². The molecule has 0 aromatic heterocycles. The first-order chi connectivity index (χ1) is 11.2. The molecule has 5 nitrogen and oxygen atoms in total. The van der Waals surface area contributed by atoms with Crippen LogP contribution in [0.2, 0.25) is 0 Å². The molecule has 1 unspecified atom stereocenters. The number of anilines is 1. The highest BCUT2D eigenvalue weighted by Crippen LogP contribution is 2.16. The van der Waals surface area contributed by atoms with E-state index < -0.39 is 0 Å². The fourth-order valence-corrected chi connectivity index (χ4v) is 3.12.